The van der Waals surface area contributed by atoms with Crippen molar-refractivity contribution in [3.8, 4) is 5.88 Å². The van der Waals surface area contributed by atoms with Crippen molar-refractivity contribution in [2.24, 2.45) is 0 Å². The minimum atomic E-state index is -0.0781. The van der Waals surface area contributed by atoms with Gasteiger partial charge in [0.2, 0.25) is 5.88 Å². The van der Waals surface area contributed by atoms with Gasteiger partial charge in [-0.2, -0.15) is 0 Å². The maximum Gasteiger partial charge on any atom is 0.266 e. The number of hydrogen-bond donors (Lipinski definition) is 1. The Labute approximate surface area is 158 Å². The monoisotopic (exact) mass is 376 g/mol. The van der Waals surface area contributed by atoms with Gasteiger partial charge in [-0.15, -0.1) is 11.6 Å². The van der Waals surface area contributed by atoms with E-state index in [1.165, 1.54) is 31.9 Å². The van der Waals surface area contributed by atoms with Crippen molar-refractivity contribution in [2.45, 2.75) is 57.8 Å². The molecule has 0 spiro atoms. The highest BCUT2D eigenvalue weighted by molar-refractivity contribution is 6.17. The van der Waals surface area contributed by atoms with Crippen LogP contribution in [-0.4, -0.2) is 32.4 Å². The average molecular weight is 377 g/mol. The summed E-state index contributed by atoms with van der Waals surface area (Å²) in [5.74, 6) is 1.26. The van der Waals surface area contributed by atoms with Gasteiger partial charge in [0.15, 0.2) is 0 Å². The summed E-state index contributed by atoms with van der Waals surface area (Å²) < 4.78 is 5.45. The molecule has 0 atom stereocenters. The van der Waals surface area contributed by atoms with Crippen LogP contribution in [0.4, 0.5) is 0 Å². The fourth-order valence-corrected chi connectivity index (χ4v) is 3.32. The average Bonchev–Trinajstić information content (AvgIpc) is 2.68. The van der Waals surface area contributed by atoms with Gasteiger partial charge in [0.25, 0.3) is 5.56 Å². The molecule has 26 heavy (non-hydrogen) atoms. The highest BCUT2D eigenvalue weighted by Crippen LogP contribution is 2.19. The maximum atomic E-state index is 10.8. The van der Waals surface area contributed by atoms with Gasteiger partial charge in [0.1, 0.15) is 0 Å². The lowest BCUT2D eigenvalue weighted by atomic mass is 10.0. The number of aryl methyl sites for hydroxylation is 4. The molecule has 2 aromatic heterocycles. The first kappa shape index (κ1) is 18.8. The number of aromatic amines is 1. The zero-order valence-corrected chi connectivity index (χ0v) is 15.7. The summed E-state index contributed by atoms with van der Waals surface area (Å²) >= 11 is 5.57. The summed E-state index contributed by atoms with van der Waals surface area (Å²) in [5, 5.41) is 0. The molecule has 2 aromatic rings. The van der Waals surface area contributed by atoms with Crippen molar-refractivity contribution < 1.29 is 4.74 Å². The van der Waals surface area contributed by atoms with Crippen molar-refractivity contribution in [1.29, 1.82) is 0 Å². The SMILES string of the molecule is ClCCCOc1cnc2c(n1)CCCC2.O=c1cnc2c([nH]1)CCCC2. The Morgan fingerprint density at radius 2 is 1.65 bits per heavy atom. The molecule has 0 bridgehead atoms. The summed E-state index contributed by atoms with van der Waals surface area (Å²) in [6, 6.07) is 0. The number of alkyl halides is 1. The number of halogens is 1. The van der Waals surface area contributed by atoms with E-state index in [9.17, 15) is 4.79 Å². The zero-order chi connectivity index (χ0) is 18.2. The molecule has 0 radical (unpaired) electrons. The Bertz CT molecular complexity index is 778. The van der Waals surface area contributed by atoms with Crippen LogP contribution in [-0.2, 0) is 25.7 Å². The number of ether oxygens (including phenoxy) is 1. The number of H-pyrrole nitrogens is 1. The number of nitrogens with zero attached hydrogens (tertiary/aromatic N) is 3. The van der Waals surface area contributed by atoms with Crippen LogP contribution in [0.25, 0.3) is 0 Å². The van der Waals surface area contributed by atoms with Gasteiger partial charge in [-0.25, -0.2) is 4.98 Å². The molecule has 4 rings (SSSR count). The smallest absolute Gasteiger partial charge is 0.266 e. The van der Waals surface area contributed by atoms with E-state index in [0.717, 1.165) is 54.9 Å². The zero-order valence-electron chi connectivity index (χ0n) is 15.0. The number of rotatable bonds is 4. The van der Waals surface area contributed by atoms with Crippen molar-refractivity contribution in [1.82, 2.24) is 19.9 Å². The fraction of sp³-hybridized carbons (Fsp3) is 0.579. The Morgan fingerprint density at radius 3 is 2.46 bits per heavy atom. The van der Waals surface area contributed by atoms with Gasteiger partial charge in [-0.3, -0.25) is 14.8 Å². The molecular weight excluding hydrogens is 352 g/mol. The predicted molar refractivity (Wildman–Crippen MR) is 101 cm³/mol. The first-order chi connectivity index (χ1) is 12.8. The standard InChI is InChI=1S/C11H15ClN2O.C8H10N2O/c12-6-3-7-15-11-8-13-9-4-1-2-5-10(9)14-11;11-8-5-9-6-3-1-2-4-7(6)10-8/h8H,1-7H2;5H,1-4H2,(H,10,11). The van der Waals surface area contributed by atoms with Gasteiger partial charge < -0.3 is 9.72 Å². The van der Waals surface area contributed by atoms with E-state index in [4.69, 9.17) is 16.3 Å². The summed E-state index contributed by atoms with van der Waals surface area (Å²) in [5.41, 5.74) is 4.31. The molecule has 2 aliphatic carbocycles. The molecule has 2 heterocycles. The lowest BCUT2D eigenvalue weighted by Crippen LogP contribution is -2.15. The van der Waals surface area contributed by atoms with E-state index in [1.54, 1.807) is 6.20 Å². The highest BCUT2D eigenvalue weighted by Gasteiger charge is 2.12. The number of hydrogen-bond acceptors (Lipinski definition) is 5. The Balaban J connectivity index is 0.000000158. The number of fused-ring (bicyclic) bond motifs is 2. The molecule has 1 N–H and O–H groups in total. The summed E-state index contributed by atoms with van der Waals surface area (Å²) in [4.78, 5) is 26.5. The predicted octanol–water partition coefficient (Wildman–Crippen LogP) is 3.01. The van der Waals surface area contributed by atoms with Crippen LogP contribution in [0.2, 0.25) is 0 Å². The number of aromatic nitrogens is 4. The van der Waals surface area contributed by atoms with Crippen LogP contribution >= 0.6 is 11.6 Å². The van der Waals surface area contributed by atoms with E-state index in [-0.39, 0.29) is 5.56 Å². The molecule has 2 aliphatic rings. The van der Waals surface area contributed by atoms with Crippen LogP contribution in [0.3, 0.4) is 0 Å². The van der Waals surface area contributed by atoms with E-state index in [1.807, 2.05) is 0 Å². The van der Waals surface area contributed by atoms with Crippen molar-refractivity contribution in [3.05, 3.63) is 45.5 Å². The van der Waals surface area contributed by atoms with Gasteiger partial charge in [-0.05, 0) is 57.8 Å². The molecule has 0 fully saturated rings. The third kappa shape index (κ3) is 5.27. The maximum absolute atomic E-state index is 10.8. The van der Waals surface area contributed by atoms with Crippen molar-refractivity contribution in [3.63, 3.8) is 0 Å². The van der Waals surface area contributed by atoms with Crippen LogP contribution in [0.5, 0.6) is 5.88 Å². The lowest BCUT2D eigenvalue weighted by molar-refractivity contribution is 0.302. The van der Waals surface area contributed by atoms with E-state index < -0.39 is 0 Å². The van der Waals surface area contributed by atoms with Gasteiger partial charge in [0, 0.05) is 11.6 Å². The third-order valence-electron chi connectivity index (χ3n) is 4.56. The van der Waals surface area contributed by atoms with Gasteiger partial charge >= 0.3 is 0 Å². The summed E-state index contributed by atoms with van der Waals surface area (Å²) in [6.07, 6.45) is 12.9. The molecule has 0 aromatic carbocycles. The molecule has 0 aliphatic heterocycles. The van der Waals surface area contributed by atoms with E-state index >= 15 is 0 Å². The quantitative estimate of drug-likeness (QED) is 0.655. The Hall–Kier alpha value is -1.95. The summed E-state index contributed by atoms with van der Waals surface area (Å²) in [7, 11) is 0. The molecule has 7 heteroatoms. The molecule has 0 saturated heterocycles. The van der Waals surface area contributed by atoms with E-state index in [2.05, 4.69) is 19.9 Å². The molecule has 6 nitrogen and oxygen atoms in total. The highest BCUT2D eigenvalue weighted by atomic mass is 35.5. The van der Waals surface area contributed by atoms with Crippen LogP contribution in [0.15, 0.2) is 17.2 Å². The second-order valence-corrected chi connectivity index (χ2v) is 6.96. The topological polar surface area (TPSA) is 80.8 Å². The lowest BCUT2D eigenvalue weighted by Gasteiger charge is -2.14. The van der Waals surface area contributed by atoms with Gasteiger partial charge in [-0.1, -0.05) is 0 Å². The first-order valence-electron chi connectivity index (χ1n) is 9.37. The fourth-order valence-electron chi connectivity index (χ4n) is 3.21. The second kappa shape index (κ2) is 9.67. The number of nitrogens with one attached hydrogen (secondary N) is 1. The minimum Gasteiger partial charge on any atom is -0.477 e. The van der Waals surface area contributed by atoms with E-state index in [0.29, 0.717) is 18.4 Å². The molecule has 0 saturated carbocycles. The van der Waals surface area contributed by atoms with Crippen LogP contribution in [0.1, 0.15) is 54.9 Å². The normalized spacial score (nSPS) is 15.3. The molecule has 0 amide bonds. The first-order valence-corrected chi connectivity index (χ1v) is 9.90. The van der Waals surface area contributed by atoms with Crippen LogP contribution in [0, 0.1) is 0 Å². The minimum absolute atomic E-state index is 0.0781. The molecule has 0 unspecified atom stereocenters. The van der Waals surface area contributed by atoms with Gasteiger partial charge in [0.05, 0.1) is 36.1 Å². The van der Waals surface area contributed by atoms with Crippen LogP contribution < -0.4 is 10.3 Å². The van der Waals surface area contributed by atoms with Crippen molar-refractivity contribution in [2.75, 3.05) is 12.5 Å². The Morgan fingerprint density at radius 1 is 0.962 bits per heavy atom. The molecule has 140 valence electrons. The second-order valence-electron chi connectivity index (χ2n) is 6.58. The third-order valence-corrected chi connectivity index (χ3v) is 4.83. The largest absolute Gasteiger partial charge is 0.477 e. The Kier molecular flexibility index (Phi) is 7.00. The van der Waals surface area contributed by atoms with Crippen molar-refractivity contribution >= 4 is 11.6 Å². The molecular formula is C19H25ClN4O2. The summed E-state index contributed by atoms with van der Waals surface area (Å²) in [6.45, 7) is 0.622.